The Morgan fingerprint density at radius 1 is 0.971 bits per heavy atom. The van der Waals surface area contributed by atoms with Crippen LogP contribution in [0.3, 0.4) is 0 Å². The number of anilines is 1. The molecule has 0 fully saturated rings. The fraction of sp³-hybridized carbons (Fsp3) is 0.417. The number of nitrogens with one attached hydrogen (secondary N) is 1. The SMILES string of the molecule is CNC(=O)[C@H](C)N(Cc1ccc(OC)cc1)C(=O)CCCN(c1ccc(OC)cc1)S(C)(=O)=O. The van der Waals surface area contributed by atoms with Gasteiger partial charge in [0.1, 0.15) is 17.5 Å². The van der Waals surface area contributed by atoms with Crippen molar-refractivity contribution in [3.63, 3.8) is 0 Å². The van der Waals surface area contributed by atoms with Crippen LogP contribution in [-0.4, -0.2) is 65.2 Å². The van der Waals surface area contributed by atoms with Crippen molar-refractivity contribution in [3.05, 3.63) is 54.1 Å². The molecule has 9 nitrogen and oxygen atoms in total. The topological polar surface area (TPSA) is 105 Å². The number of ether oxygens (including phenoxy) is 2. The van der Waals surface area contributed by atoms with Crippen LogP contribution in [0, 0.1) is 0 Å². The number of hydrogen-bond donors (Lipinski definition) is 1. The summed E-state index contributed by atoms with van der Waals surface area (Å²) in [5, 5.41) is 2.58. The van der Waals surface area contributed by atoms with Crippen LogP contribution in [0.15, 0.2) is 48.5 Å². The molecule has 2 aromatic carbocycles. The molecule has 2 aromatic rings. The summed E-state index contributed by atoms with van der Waals surface area (Å²) < 4.78 is 36.3. The monoisotopic (exact) mass is 491 g/mol. The van der Waals surface area contributed by atoms with E-state index in [1.54, 1.807) is 50.4 Å². The summed E-state index contributed by atoms with van der Waals surface area (Å²) in [7, 11) is 1.08. The van der Waals surface area contributed by atoms with Gasteiger partial charge in [0.25, 0.3) is 0 Å². The van der Waals surface area contributed by atoms with Crippen molar-refractivity contribution in [1.82, 2.24) is 10.2 Å². The van der Waals surface area contributed by atoms with E-state index in [4.69, 9.17) is 9.47 Å². The van der Waals surface area contributed by atoms with Crippen LogP contribution < -0.4 is 19.1 Å². The molecular formula is C24H33N3O6S. The maximum absolute atomic E-state index is 13.1. The largest absolute Gasteiger partial charge is 0.497 e. The van der Waals surface area contributed by atoms with E-state index < -0.39 is 16.1 Å². The minimum Gasteiger partial charge on any atom is -0.497 e. The predicted octanol–water partition coefficient (Wildman–Crippen LogP) is 2.41. The molecule has 0 saturated carbocycles. The average Bonchev–Trinajstić information content (AvgIpc) is 2.83. The number of likely N-dealkylation sites (N-methyl/N-ethyl adjacent to an activating group) is 1. The van der Waals surface area contributed by atoms with E-state index in [1.165, 1.54) is 23.4 Å². The molecule has 0 aliphatic carbocycles. The van der Waals surface area contributed by atoms with Crippen molar-refractivity contribution in [2.45, 2.75) is 32.4 Å². The molecular weight excluding hydrogens is 458 g/mol. The van der Waals surface area contributed by atoms with Gasteiger partial charge in [-0.3, -0.25) is 13.9 Å². The van der Waals surface area contributed by atoms with Gasteiger partial charge in [-0.05, 0) is 55.3 Å². The van der Waals surface area contributed by atoms with Gasteiger partial charge in [0.05, 0.1) is 26.2 Å². The smallest absolute Gasteiger partial charge is 0.242 e. The molecule has 186 valence electrons. The van der Waals surface area contributed by atoms with Crippen molar-refractivity contribution >= 4 is 27.5 Å². The van der Waals surface area contributed by atoms with Gasteiger partial charge >= 0.3 is 0 Å². The maximum Gasteiger partial charge on any atom is 0.242 e. The number of sulfonamides is 1. The first-order valence-corrected chi connectivity index (χ1v) is 12.7. The second kappa shape index (κ2) is 12.3. The molecule has 34 heavy (non-hydrogen) atoms. The minimum absolute atomic E-state index is 0.0830. The Bertz CT molecular complexity index is 1060. The normalized spacial score (nSPS) is 11.9. The van der Waals surface area contributed by atoms with Crippen LogP contribution in [-0.2, 0) is 26.2 Å². The van der Waals surface area contributed by atoms with E-state index in [0.717, 1.165) is 11.8 Å². The van der Waals surface area contributed by atoms with Gasteiger partial charge in [-0.15, -0.1) is 0 Å². The molecule has 2 rings (SSSR count). The summed E-state index contributed by atoms with van der Waals surface area (Å²) in [6.07, 6.45) is 1.50. The number of carbonyl (C=O) groups excluding carboxylic acids is 2. The second-order valence-corrected chi connectivity index (χ2v) is 9.70. The lowest BCUT2D eigenvalue weighted by molar-refractivity contribution is -0.140. The number of rotatable bonds is 12. The summed E-state index contributed by atoms with van der Waals surface area (Å²) in [5.41, 5.74) is 1.34. The van der Waals surface area contributed by atoms with Crippen molar-refractivity contribution in [3.8, 4) is 11.5 Å². The summed E-state index contributed by atoms with van der Waals surface area (Å²) >= 11 is 0. The van der Waals surface area contributed by atoms with E-state index in [1.807, 2.05) is 12.1 Å². The minimum atomic E-state index is -3.55. The Labute approximate surface area is 201 Å². The number of carbonyl (C=O) groups is 2. The lowest BCUT2D eigenvalue weighted by Gasteiger charge is -2.29. The molecule has 0 bridgehead atoms. The van der Waals surface area contributed by atoms with E-state index in [9.17, 15) is 18.0 Å². The molecule has 0 aromatic heterocycles. The first-order valence-electron chi connectivity index (χ1n) is 10.9. The zero-order chi connectivity index (χ0) is 25.3. The molecule has 0 aliphatic heterocycles. The molecule has 0 spiro atoms. The molecule has 0 heterocycles. The first-order chi connectivity index (χ1) is 16.1. The second-order valence-electron chi connectivity index (χ2n) is 7.80. The van der Waals surface area contributed by atoms with Crippen molar-refractivity contribution < 1.29 is 27.5 Å². The standard InChI is InChI=1S/C24H33N3O6S/c1-18(24(29)25-2)26(17-19-8-12-21(32-3)13-9-19)23(28)7-6-16-27(34(5,30)31)20-10-14-22(33-4)15-11-20/h8-15,18H,6-7,16-17H2,1-5H3,(H,25,29)/t18-/m0/s1. The Morgan fingerprint density at radius 2 is 1.50 bits per heavy atom. The third kappa shape index (κ3) is 7.38. The molecule has 0 radical (unpaired) electrons. The lowest BCUT2D eigenvalue weighted by atomic mass is 10.1. The fourth-order valence-corrected chi connectivity index (χ4v) is 4.44. The lowest BCUT2D eigenvalue weighted by Crippen LogP contribution is -2.46. The quantitative estimate of drug-likeness (QED) is 0.489. The fourth-order valence-electron chi connectivity index (χ4n) is 3.47. The highest BCUT2D eigenvalue weighted by atomic mass is 32.2. The number of benzene rings is 2. The van der Waals surface area contributed by atoms with E-state index in [2.05, 4.69) is 5.32 Å². The zero-order valence-corrected chi connectivity index (χ0v) is 21.1. The summed E-state index contributed by atoms with van der Waals surface area (Å²) in [5.74, 6) is 0.790. The van der Waals surface area contributed by atoms with Gasteiger partial charge in [-0.1, -0.05) is 12.1 Å². The van der Waals surface area contributed by atoms with Crippen molar-refractivity contribution in [2.75, 3.05) is 38.4 Å². The van der Waals surface area contributed by atoms with E-state index >= 15 is 0 Å². The van der Waals surface area contributed by atoms with Crippen LogP contribution in [0.1, 0.15) is 25.3 Å². The van der Waals surface area contributed by atoms with Crippen molar-refractivity contribution in [1.29, 1.82) is 0 Å². The Kier molecular flexibility index (Phi) is 9.73. The average molecular weight is 492 g/mol. The van der Waals surface area contributed by atoms with Gasteiger partial charge in [0.15, 0.2) is 0 Å². The molecule has 0 saturated heterocycles. The maximum atomic E-state index is 13.1. The molecule has 2 amide bonds. The zero-order valence-electron chi connectivity index (χ0n) is 20.3. The predicted molar refractivity (Wildman–Crippen MR) is 131 cm³/mol. The highest BCUT2D eigenvalue weighted by molar-refractivity contribution is 7.92. The van der Waals surface area contributed by atoms with Gasteiger partial charge in [0, 0.05) is 26.6 Å². The molecule has 0 unspecified atom stereocenters. The number of nitrogens with zero attached hydrogens (tertiary/aromatic N) is 2. The Balaban J connectivity index is 2.13. The van der Waals surface area contributed by atoms with Crippen LogP contribution in [0.2, 0.25) is 0 Å². The number of hydrogen-bond acceptors (Lipinski definition) is 6. The summed E-state index contributed by atoms with van der Waals surface area (Å²) in [6, 6.07) is 13.3. The van der Waals surface area contributed by atoms with Gasteiger partial charge in [0.2, 0.25) is 21.8 Å². The van der Waals surface area contributed by atoms with E-state index in [-0.39, 0.29) is 37.7 Å². The van der Waals surface area contributed by atoms with Crippen LogP contribution >= 0.6 is 0 Å². The first kappa shape index (κ1) is 27.0. The highest BCUT2D eigenvalue weighted by Crippen LogP contribution is 2.22. The van der Waals surface area contributed by atoms with Gasteiger partial charge < -0.3 is 19.7 Å². The summed E-state index contributed by atoms with van der Waals surface area (Å²) in [6.45, 7) is 2.04. The molecule has 0 aliphatic rings. The molecule has 10 heteroatoms. The molecule has 1 atom stereocenters. The number of amides is 2. The van der Waals surface area contributed by atoms with E-state index in [0.29, 0.717) is 17.2 Å². The van der Waals surface area contributed by atoms with Gasteiger partial charge in [-0.25, -0.2) is 8.42 Å². The Morgan fingerprint density at radius 3 is 1.97 bits per heavy atom. The van der Waals surface area contributed by atoms with Crippen LogP contribution in [0.5, 0.6) is 11.5 Å². The van der Waals surface area contributed by atoms with Gasteiger partial charge in [-0.2, -0.15) is 0 Å². The van der Waals surface area contributed by atoms with Crippen LogP contribution in [0.25, 0.3) is 0 Å². The van der Waals surface area contributed by atoms with Crippen molar-refractivity contribution in [2.24, 2.45) is 0 Å². The third-order valence-electron chi connectivity index (χ3n) is 5.44. The Hall–Kier alpha value is -3.27. The number of methoxy groups -OCH3 is 2. The summed E-state index contributed by atoms with van der Waals surface area (Å²) in [4.78, 5) is 26.9. The third-order valence-corrected chi connectivity index (χ3v) is 6.63. The van der Waals surface area contributed by atoms with Crippen LogP contribution in [0.4, 0.5) is 5.69 Å². The molecule has 1 N–H and O–H groups in total. The highest BCUT2D eigenvalue weighted by Gasteiger charge is 2.26.